The number of fused-ring (bicyclic) bond motifs is 1. The maximum absolute atomic E-state index is 12.9. The number of rotatable bonds is 3. The van der Waals surface area contributed by atoms with Crippen molar-refractivity contribution in [3.05, 3.63) is 69.6 Å². The van der Waals surface area contributed by atoms with Gasteiger partial charge >= 0.3 is 11.7 Å². The van der Waals surface area contributed by atoms with Crippen molar-refractivity contribution in [2.75, 3.05) is 5.01 Å². The highest BCUT2D eigenvalue weighted by Crippen LogP contribution is 2.26. The van der Waals surface area contributed by atoms with Crippen LogP contribution in [-0.4, -0.2) is 31.8 Å². The van der Waals surface area contributed by atoms with E-state index in [0.29, 0.717) is 17.0 Å². The Balaban J connectivity index is 1.73. The Hall–Kier alpha value is -3.94. The van der Waals surface area contributed by atoms with Crippen molar-refractivity contribution in [1.82, 2.24) is 9.13 Å². The van der Waals surface area contributed by atoms with Gasteiger partial charge in [0.05, 0.1) is 33.6 Å². The first-order chi connectivity index (χ1) is 13.8. The number of hydrogen-bond acceptors (Lipinski definition) is 4. The first-order valence-electron chi connectivity index (χ1n) is 8.88. The number of hydrogen-bond donors (Lipinski definition) is 1. The molecule has 0 saturated carbocycles. The van der Waals surface area contributed by atoms with Crippen molar-refractivity contribution in [3.8, 4) is 0 Å². The van der Waals surface area contributed by atoms with Gasteiger partial charge in [-0.25, -0.2) is 9.59 Å². The molecule has 0 bridgehead atoms. The molecule has 1 amide bonds. The second-order valence-electron chi connectivity index (χ2n) is 6.86. The van der Waals surface area contributed by atoms with Crippen LogP contribution in [0.25, 0.3) is 17.1 Å². The summed E-state index contributed by atoms with van der Waals surface area (Å²) in [6.45, 7) is 1.72. The average molecular weight is 390 g/mol. The van der Waals surface area contributed by atoms with Crippen molar-refractivity contribution >= 4 is 40.4 Å². The minimum Gasteiger partial charge on any atom is -0.478 e. The largest absolute Gasteiger partial charge is 0.478 e. The van der Waals surface area contributed by atoms with Gasteiger partial charge in [0, 0.05) is 14.1 Å². The van der Waals surface area contributed by atoms with Crippen LogP contribution < -0.4 is 10.7 Å². The topological polar surface area (TPSA) is 96.9 Å². The van der Waals surface area contributed by atoms with Crippen molar-refractivity contribution < 1.29 is 14.7 Å². The van der Waals surface area contributed by atoms with Crippen LogP contribution in [-0.2, 0) is 18.9 Å². The molecule has 0 spiro atoms. The van der Waals surface area contributed by atoms with Gasteiger partial charge in [-0.3, -0.25) is 13.9 Å². The Morgan fingerprint density at radius 2 is 1.76 bits per heavy atom. The summed E-state index contributed by atoms with van der Waals surface area (Å²) in [5.74, 6) is -1.41. The molecular formula is C21H18N4O4. The number of carbonyl (C=O) groups excluding carboxylic acids is 1. The standard InChI is InChI=1S/C21H18N4O4/c1-12-16(9-13-7-8-17-18(10-13)24(3)21(29)23(17)2)19(26)25(22-12)15-6-4-5-14(11-15)20(27)28/h4-11H,1-3H3,(H,27,28)/b16-9-. The SMILES string of the molecule is CC1=NN(c2cccc(C(=O)O)c2)C(=O)/C1=C\c1ccc2c(c1)n(C)c(=O)n2C. The van der Waals surface area contributed by atoms with Gasteiger partial charge < -0.3 is 5.11 Å². The first-order valence-corrected chi connectivity index (χ1v) is 8.88. The number of nitrogens with zero attached hydrogens (tertiary/aromatic N) is 4. The normalized spacial score (nSPS) is 15.4. The smallest absolute Gasteiger partial charge is 0.335 e. The molecule has 1 aromatic heterocycles. The van der Waals surface area contributed by atoms with E-state index in [1.54, 1.807) is 48.4 Å². The van der Waals surface area contributed by atoms with E-state index in [9.17, 15) is 19.5 Å². The van der Waals surface area contributed by atoms with Gasteiger partial charge in [-0.05, 0) is 48.9 Å². The van der Waals surface area contributed by atoms with Crippen molar-refractivity contribution in [3.63, 3.8) is 0 Å². The molecule has 4 rings (SSSR count). The van der Waals surface area contributed by atoms with Gasteiger partial charge in [-0.15, -0.1) is 0 Å². The van der Waals surface area contributed by atoms with Crippen LogP contribution in [0.4, 0.5) is 5.69 Å². The molecule has 1 aliphatic heterocycles. The van der Waals surface area contributed by atoms with E-state index in [1.165, 1.54) is 17.1 Å². The average Bonchev–Trinajstić information content (AvgIpc) is 3.11. The number of aromatic nitrogens is 2. The predicted octanol–water partition coefficient (Wildman–Crippen LogP) is 2.38. The van der Waals surface area contributed by atoms with Gasteiger partial charge in [-0.2, -0.15) is 10.1 Å². The Labute approximate surface area is 165 Å². The number of carboxylic acids is 1. The number of aryl methyl sites for hydroxylation is 2. The molecule has 0 saturated heterocycles. The Bertz CT molecular complexity index is 1310. The van der Waals surface area contributed by atoms with Gasteiger partial charge in [0.15, 0.2) is 0 Å². The molecular weight excluding hydrogens is 372 g/mol. The Morgan fingerprint density at radius 1 is 1.03 bits per heavy atom. The lowest BCUT2D eigenvalue weighted by atomic mass is 10.1. The summed E-state index contributed by atoms with van der Waals surface area (Å²) in [5, 5.41) is 14.7. The zero-order valence-electron chi connectivity index (χ0n) is 16.1. The molecule has 1 N–H and O–H groups in total. The second-order valence-corrected chi connectivity index (χ2v) is 6.86. The van der Waals surface area contributed by atoms with Crippen LogP contribution in [0, 0.1) is 0 Å². The molecule has 8 heteroatoms. The number of anilines is 1. The summed E-state index contributed by atoms with van der Waals surface area (Å²) >= 11 is 0. The number of carboxylic acid groups (broad SMARTS) is 1. The second kappa shape index (κ2) is 6.59. The molecule has 0 fully saturated rings. The number of aromatic carboxylic acids is 1. The molecule has 0 unspecified atom stereocenters. The molecule has 2 aromatic carbocycles. The van der Waals surface area contributed by atoms with Gasteiger partial charge in [0.25, 0.3) is 5.91 Å². The summed E-state index contributed by atoms with van der Waals surface area (Å²) in [5.41, 5.74) is 3.60. The molecule has 1 aliphatic rings. The third kappa shape index (κ3) is 2.94. The fourth-order valence-electron chi connectivity index (χ4n) is 3.41. The fourth-order valence-corrected chi connectivity index (χ4v) is 3.41. The number of benzene rings is 2. The lowest BCUT2D eigenvalue weighted by molar-refractivity contribution is -0.114. The predicted molar refractivity (Wildman–Crippen MR) is 110 cm³/mol. The van der Waals surface area contributed by atoms with E-state index in [-0.39, 0.29) is 17.2 Å². The number of amides is 1. The summed E-state index contributed by atoms with van der Waals surface area (Å²) < 4.78 is 3.12. The van der Waals surface area contributed by atoms with Crippen molar-refractivity contribution in [1.29, 1.82) is 0 Å². The van der Waals surface area contributed by atoms with Crippen LogP contribution in [0.5, 0.6) is 0 Å². The number of imidazole rings is 1. The van der Waals surface area contributed by atoms with Crippen LogP contribution in [0.1, 0.15) is 22.8 Å². The summed E-state index contributed by atoms with van der Waals surface area (Å²) in [4.78, 5) is 36.2. The van der Waals surface area contributed by atoms with Crippen LogP contribution >= 0.6 is 0 Å². The molecule has 146 valence electrons. The quantitative estimate of drug-likeness (QED) is 0.695. The third-order valence-corrected chi connectivity index (χ3v) is 5.01. The molecule has 0 atom stereocenters. The summed E-state index contributed by atoms with van der Waals surface area (Å²) in [6.07, 6.45) is 1.72. The third-order valence-electron chi connectivity index (χ3n) is 5.01. The minimum absolute atomic E-state index is 0.0797. The van der Waals surface area contributed by atoms with Gasteiger partial charge in [0.2, 0.25) is 0 Å². The molecule has 29 heavy (non-hydrogen) atoms. The van der Waals surface area contributed by atoms with E-state index < -0.39 is 5.97 Å². The number of hydrazone groups is 1. The lowest BCUT2D eigenvalue weighted by Gasteiger charge is -2.12. The molecule has 2 heterocycles. The van der Waals surface area contributed by atoms with Crippen LogP contribution in [0.15, 0.2) is 57.9 Å². The Morgan fingerprint density at radius 3 is 2.48 bits per heavy atom. The summed E-state index contributed by atoms with van der Waals surface area (Å²) in [6, 6.07) is 11.6. The monoisotopic (exact) mass is 390 g/mol. The maximum Gasteiger partial charge on any atom is 0.335 e. The van der Waals surface area contributed by atoms with E-state index in [4.69, 9.17) is 0 Å². The highest BCUT2D eigenvalue weighted by atomic mass is 16.4. The highest BCUT2D eigenvalue weighted by Gasteiger charge is 2.29. The van der Waals surface area contributed by atoms with Crippen molar-refractivity contribution in [2.45, 2.75) is 6.92 Å². The Kier molecular flexibility index (Phi) is 4.19. The van der Waals surface area contributed by atoms with Gasteiger partial charge in [-0.1, -0.05) is 12.1 Å². The van der Waals surface area contributed by atoms with E-state index >= 15 is 0 Å². The zero-order chi connectivity index (χ0) is 20.9. The number of carbonyl (C=O) groups is 2. The van der Waals surface area contributed by atoms with Crippen LogP contribution in [0.3, 0.4) is 0 Å². The zero-order valence-corrected chi connectivity index (χ0v) is 16.1. The van der Waals surface area contributed by atoms with E-state index in [0.717, 1.165) is 16.6 Å². The molecule has 0 radical (unpaired) electrons. The lowest BCUT2D eigenvalue weighted by Crippen LogP contribution is -2.21. The minimum atomic E-state index is -1.07. The van der Waals surface area contributed by atoms with Gasteiger partial charge in [0.1, 0.15) is 0 Å². The fraction of sp³-hybridized carbons (Fsp3) is 0.143. The highest BCUT2D eigenvalue weighted by molar-refractivity contribution is 6.32. The molecule has 3 aromatic rings. The molecule has 8 nitrogen and oxygen atoms in total. The maximum atomic E-state index is 12.9. The van der Waals surface area contributed by atoms with E-state index in [1.807, 2.05) is 18.2 Å². The van der Waals surface area contributed by atoms with Crippen LogP contribution in [0.2, 0.25) is 0 Å². The van der Waals surface area contributed by atoms with Crippen molar-refractivity contribution in [2.24, 2.45) is 19.2 Å². The first kappa shape index (κ1) is 18.4. The van der Waals surface area contributed by atoms with E-state index in [2.05, 4.69) is 5.10 Å². The summed E-state index contributed by atoms with van der Waals surface area (Å²) in [7, 11) is 3.41. The molecule has 0 aliphatic carbocycles.